The third kappa shape index (κ3) is 5.44. The highest BCUT2D eigenvalue weighted by molar-refractivity contribution is 8.00. The molecule has 2 saturated carbocycles. The minimum absolute atomic E-state index is 0.00230. The van der Waals surface area contributed by atoms with E-state index in [9.17, 15) is 10.1 Å². The summed E-state index contributed by atoms with van der Waals surface area (Å²) in [5.41, 5.74) is -0.195. The van der Waals surface area contributed by atoms with Gasteiger partial charge in [-0.15, -0.1) is 24.4 Å². The lowest BCUT2D eigenvalue weighted by Gasteiger charge is -2.39. The molecular formula is C20H37N5O3S2. The Morgan fingerprint density at radius 3 is 2.73 bits per heavy atom. The Balaban J connectivity index is 1.33. The number of hydrogen-bond acceptors (Lipinski definition) is 9. The van der Waals surface area contributed by atoms with Gasteiger partial charge in [-0.2, -0.15) is 0 Å². The number of hydrogen-bond donors (Lipinski definition) is 5. The van der Waals surface area contributed by atoms with E-state index < -0.39 is 6.04 Å². The average Bonchev–Trinajstić information content (AvgIpc) is 3.18. The molecule has 4 rings (SSSR count). The van der Waals surface area contributed by atoms with E-state index in [0.29, 0.717) is 47.9 Å². The molecule has 0 aromatic carbocycles. The Bertz CT molecular complexity index is 575. The number of methoxy groups -OCH3 is 1. The van der Waals surface area contributed by atoms with Gasteiger partial charge in [0.2, 0.25) is 6.04 Å². The van der Waals surface area contributed by atoms with Gasteiger partial charge >= 0.3 is 0 Å². The fourth-order valence-corrected chi connectivity index (χ4v) is 7.94. The van der Waals surface area contributed by atoms with Crippen molar-refractivity contribution in [3.63, 3.8) is 0 Å². The molecule has 0 aromatic heterocycles. The van der Waals surface area contributed by atoms with Crippen molar-refractivity contribution in [3.8, 4) is 0 Å². The number of rotatable bonds is 7. The number of thiol groups is 1. The van der Waals surface area contributed by atoms with Gasteiger partial charge in [-0.3, -0.25) is 20.7 Å². The molecule has 9 unspecified atom stereocenters. The first kappa shape index (κ1) is 23.1. The van der Waals surface area contributed by atoms with Crippen molar-refractivity contribution in [1.29, 1.82) is 0 Å². The van der Waals surface area contributed by atoms with Crippen molar-refractivity contribution in [3.05, 3.63) is 10.1 Å². The maximum Gasteiger partial charge on any atom is 0.214 e. The molecule has 0 amide bonds. The summed E-state index contributed by atoms with van der Waals surface area (Å²) >= 11 is 6.91. The van der Waals surface area contributed by atoms with Crippen LogP contribution < -0.4 is 21.3 Å². The summed E-state index contributed by atoms with van der Waals surface area (Å²) in [4.78, 5) is 11.1. The van der Waals surface area contributed by atoms with E-state index in [1.165, 1.54) is 25.7 Å². The molecule has 2 saturated heterocycles. The summed E-state index contributed by atoms with van der Waals surface area (Å²) in [6, 6.07) is 0.497. The predicted molar refractivity (Wildman–Crippen MR) is 124 cm³/mol. The van der Waals surface area contributed by atoms with E-state index in [1.807, 2.05) is 0 Å². The lowest BCUT2D eigenvalue weighted by atomic mass is 9.84. The van der Waals surface area contributed by atoms with E-state index in [-0.39, 0.29) is 22.6 Å². The zero-order chi connectivity index (χ0) is 21.1. The second-order valence-electron chi connectivity index (χ2n) is 9.28. The number of nitrogens with zero attached hydrogens (tertiary/aromatic N) is 1. The van der Waals surface area contributed by atoms with Crippen LogP contribution in [0.4, 0.5) is 0 Å². The molecule has 10 heteroatoms. The van der Waals surface area contributed by atoms with Crippen LogP contribution in [0.1, 0.15) is 51.4 Å². The number of nitrogens with one attached hydrogen (secondary N) is 4. The normalized spacial score (nSPS) is 43.1. The van der Waals surface area contributed by atoms with Crippen LogP contribution in [0.15, 0.2) is 0 Å². The maximum absolute atomic E-state index is 11.3. The summed E-state index contributed by atoms with van der Waals surface area (Å²) in [6.45, 7) is 2.22. The fourth-order valence-electron chi connectivity index (χ4n) is 5.78. The van der Waals surface area contributed by atoms with E-state index in [1.54, 1.807) is 7.11 Å². The van der Waals surface area contributed by atoms with Crippen molar-refractivity contribution in [1.82, 2.24) is 21.3 Å². The average molecular weight is 460 g/mol. The third-order valence-corrected chi connectivity index (χ3v) is 9.36. The van der Waals surface area contributed by atoms with Gasteiger partial charge in [0.25, 0.3) is 0 Å². The van der Waals surface area contributed by atoms with Crippen molar-refractivity contribution < 1.29 is 9.66 Å². The molecule has 4 aliphatic rings. The summed E-state index contributed by atoms with van der Waals surface area (Å²) in [6.07, 6.45) is 7.94. The van der Waals surface area contributed by atoms with Crippen LogP contribution in [0, 0.1) is 16.0 Å². The zero-order valence-electron chi connectivity index (χ0n) is 17.8. The monoisotopic (exact) mass is 459 g/mol. The second-order valence-corrected chi connectivity index (χ2v) is 11.2. The molecular weight excluding hydrogens is 422 g/mol. The number of nitro groups is 1. The largest absolute Gasteiger partial charge is 0.380 e. The van der Waals surface area contributed by atoms with E-state index in [4.69, 9.17) is 17.4 Å². The molecule has 8 nitrogen and oxygen atoms in total. The molecule has 0 spiro atoms. The number of thioether (sulfide) groups is 1. The summed E-state index contributed by atoms with van der Waals surface area (Å²) in [5.74, 6) is 0.585. The van der Waals surface area contributed by atoms with Gasteiger partial charge in [-0.05, 0) is 38.1 Å². The summed E-state index contributed by atoms with van der Waals surface area (Å²) < 4.78 is 5.61. The van der Waals surface area contributed by atoms with Crippen molar-refractivity contribution >= 4 is 24.4 Å². The van der Waals surface area contributed by atoms with Gasteiger partial charge in [0.05, 0.1) is 11.5 Å². The second kappa shape index (κ2) is 10.7. The molecule has 2 heterocycles. The first-order valence-electron chi connectivity index (χ1n) is 11.5. The van der Waals surface area contributed by atoms with E-state index in [0.717, 1.165) is 19.5 Å². The van der Waals surface area contributed by atoms with Crippen LogP contribution in [0.2, 0.25) is 0 Å². The highest BCUT2D eigenvalue weighted by Gasteiger charge is 2.43. The minimum atomic E-state index is -0.493. The van der Waals surface area contributed by atoms with Crippen molar-refractivity contribution in [2.45, 2.75) is 97.8 Å². The van der Waals surface area contributed by atoms with Crippen molar-refractivity contribution in [2.24, 2.45) is 5.92 Å². The topological polar surface area (TPSA) is 100 Å². The number of fused-ring (bicyclic) bond motifs is 1. The van der Waals surface area contributed by atoms with E-state index >= 15 is 0 Å². The highest BCUT2D eigenvalue weighted by Crippen LogP contribution is 2.40. The van der Waals surface area contributed by atoms with Crippen molar-refractivity contribution in [2.75, 3.05) is 20.2 Å². The molecule has 2 aliphatic carbocycles. The Morgan fingerprint density at radius 2 is 1.97 bits per heavy atom. The van der Waals surface area contributed by atoms with Gasteiger partial charge in [-0.25, -0.2) is 0 Å². The fraction of sp³-hybridized carbons (Fsp3) is 1.00. The summed E-state index contributed by atoms with van der Waals surface area (Å²) in [5, 5.41) is 27.1. The van der Waals surface area contributed by atoms with Crippen LogP contribution >= 0.6 is 24.4 Å². The Morgan fingerprint density at radius 1 is 1.17 bits per heavy atom. The molecule has 4 fully saturated rings. The van der Waals surface area contributed by atoms with Crippen LogP contribution in [-0.2, 0) is 4.74 Å². The van der Waals surface area contributed by atoms with Crippen LogP contribution in [-0.4, -0.2) is 71.5 Å². The Labute approximate surface area is 189 Å². The number of piperidine rings is 1. The van der Waals surface area contributed by atoms with Gasteiger partial charge in [0.15, 0.2) is 0 Å². The van der Waals surface area contributed by atoms with Crippen LogP contribution in [0.25, 0.3) is 0 Å². The lowest BCUT2D eigenvalue weighted by Crippen LogP contribution is -2.57. The molecule has 30 heavy (non-hydrogen) atoms. The van der Waals surface area contributed by atoms with Gasteiger partial charge in [0, 0.05) is 54.8 Å². The predicted octanol–water partition coefficient (Wildman–Crippen LogP) is 1.54. The Hall–Kier alpha value is -0.100. The molecule has 0 radical (unpaired) electrons. The molecule has 2 aliphatic heterocycles. The molecule has 0 bridgehead atoms. The maximum atomic E-state index is 11.3. The number of ether oxygens (including phenoxy) is 1. The first-order valence-corrected chi connectivity index (χ1v) is 13.0. The standard InChI is InChI=1S/C20H37N5O3S2/c1-28-17-7-6-12(25(26)27)10-16(17)24-20(29)23-14-5-3-2-4-13(14)19-22-15-8-9-21-11-18(15)30-19/h12-24,29H,2-11H2,1H3. The SMILES string of the molecule is COC1CCC([N+](=O)[O-])CC1NC(S)NC1CCCCC1C1NC2CCNCC2S1. The Kier molecular flexibility index (Phi) is 8.21. The molecule has 0 aromatic rings. The first-order chi connectivity index (χ1) is 14.5. The smallest absolute Gasteiger partial charge is 0.214 e. The van der Waals surface area contributed by atoms with Gasteiger partial charge in [0.1, 0.15) is 5.50 Å². The van der Waals surface area contributed by atoms with Crippen LogP contribution in [0.5, 0.6) is 0 Å². The highest BCUT2D eigenvalue weighted by atomic mass is 32.2. The zero-order valence-corrected chi connectivity index (χ0v) is 19.5. The quantitative estimate of drug-likeness (QED) is 0.169. The lowest BCUT2D eigenvalue weighted by molar-refractivity contribution is -0.528. The van der Waals surface area contributed by atoms with Crippen LogP contribution in [0.3, 0.4) is 0 Å². The third-order valence-electron chi connectivity index (χ3n) is 7.44. The summed E-state index contributed by atoms with van der Waals surface area (Å²) in [7, 11) is 1.70. The molecule has 172 valence electrons. The van der Waals surface area contributed by atoms with Gasteiger partial charge < -0.3 is 15.4 Å². The molecule has 9 atom stereocenters. The molecule has 4 N–H and O–H groups in total. The van der Waals surface area contributed by atoms with E-state index in [2.05, 4.69) is 33.0 Å². The van der Waals surface area contributed by atoms with Gasteiger partial charge in [-0.1, -0.05) is 12.8 Å². The minimum Gasteiger partial charge on any atom is -0.380 e.